The molecule has 6 heteroatoms. The Kier molecular flexibility index (Phi) is 4.89. The second-order valence-electron chi connectivity index (χ2n) is 4.90. The van der Waals surface area contributed by atoms with Crippen LogP contribution in [-0.4, -0.2) is 23.3 Å². The number of hydrogen-bond acceptors (Lipinski definition) is 3. The van der Waals surface area contributed by atoms with Crippen molar-refractivity contribution in [2.24, 2.45) is 10.7 Å². The van der Waals surface area contributed by atoms with E-state index in [0.29, 0.717) is 0 Å². The summed E-state index contributed by atoms with van der Waals surface area (Å²) in [5, 5.41) is 0. The Labute approximate surface area is 116 Å². The van der Waals surface area contributed by atoms with Gasteiger partial charge in [-0.2, -0.15) is 0 Å². The van der Waals surface area contributed by atoms with E-state index in [2.05, 4.69) is 4.99 Å². The van der Waals surface area contributed by atoms with E-state index in [9.17, 15) is 9.18 Å². The van der Waals surface area contributed by atoms with Crippen LogP contribution in [0.25, 0.3) is 0 Å². The van der Waals surface area contributed by atoms with E-state index in [0.717, 1.165) is 6.07 Å². The van der Waals surface area contributed by atoms with Crippen LogP contribution in [0.3, 0.4) is 0 Å². The van der Waals surface area contributed by atoms with Crippen LogP contribution in [0, 0.1) is 5.82 Å². The predicted octanol–water partition coefficient (Wildman–Crippen LogP) is 3.01. The van der Waals surface area contributed by atoms with Gasteiger partial charge in [-0.25, -0.2) is 14.2 Å². The molecule has 0 unspecified atom stereocenters. The third-order valence-corrected chi connectivity index (χ3v) is 2.26. The molecule has 1 rings (SSSR count). The fourth-order valence-corrected chi connectivity index (χ4v) is 1.31. The summed E-state index contributed by atoms with van der Waals surface area (Å²) in [6.45, 7) is 5.25. The Hall–Kier alpha value is -1.62. The highest BCUT2D eigenvalue weighted by molar-refractivity contribution is 6.28. The molecule has 0 fully saturated rings. The number of ether oxygens (including phenoxy) is 1. The number of benzene rings is 1. The molecule has 0 aliphatic heterocycles. The summed E-state index contributed by atoms with van der Waals surface area (Å²) in [6.07, 6.45) is 0. The van der Waals surface area contributed by atoms with E-state index in [1.54, 1.807) is 20.8 Å². The zero-order valence-electron chi connectivity index (χ0n) is 11.0. The number of amidine groups is 1. The fourth-order valence-electron chi connectivity index (χ4n) is 1.25. The zero-order chi connectivity index (χ0) is 14.6. The van der Waals surface area contributed by atoms with Gasteiger partial charge in [0.25, 0.3) is 0 Å². The quantitative estimate of drug-likeness (QED) is 0.402. The maximum absolute atomic E-state index is 13.5. The largest absolute Gasteiger partial charge is 0.456 e. The maximum Gasteiger partial charge on any atom is 0.338 e. The van der Waals surface area contributed by atoms with E-state index in [1.807, 2.05) is 0 Å². The molecule has 4 nitrogen and oxygen atoms in total. The SMILES string of the molecule is CC(C)(C)OC(=O)c1ccc(F)c(N=C(N)CCl)c1. The zero-order valence-corrected chi connectivity index (χ0v) is 11.8. The summed E-state index contributed by atoms with van der Waals surface area (Å²) in [6, 6.07) is 3.75. The van der Waals surface area contributed by atoms with Crippen molar-refractivity contribution in [3.8, 4) is 0 Å². The highest BCUT2D eigenvalue weighted by atomic mass is 35.5. The van der Waals surface area contributed by atoms with Gasteiger partial charge in [-0.1, -0.05) is 0 Å². The van der Waals surface area contributed by atoms with Gasteiger partial charge in [0, 0.05) is 0 Å². The third kappa shape index (κ3) is 4.87. The van der Waals surface area contributed by atoms with Gasteiger partial charge in [-0.15, -0.1) is 11.6 Å². The summed E-state index contributed by atoms with van der Waals surface area (Å²) in [7, 11) is 0. The van der Waals surface area contributed by atoms with Crippen molar-refractivity contribution >= 4 is 29.1 Å². The van der Waals surface area contributed by atoms with E-state index in [-0.39, 0.29) is 23.0 Å². The van der Waals surface area contributed by atoms with Crippen molar-refractivity contribution in [1.29, 1.82) is 0 Å². The summed E-state index contributed by atoms with van der Waals surface area (Å²) in [4.78, 5) is 15.6. The van der Waals surface area contributed by atoms with Gasteiger partial charge in [-0.3, -0.25) is 0 Å². The monoisotopic (exact) mass is 286 g/mol. The van der Waals surface area contributed by atoms with Crippen LogP contribution < -0.4 is 5.73 Å². The summed E-state index contributed by atoms with van der Waals surface area (Å²) < 4.78 is 18.7. The van der Waals surface area contributed by atoms with E-state index < -0.39 is 17.4 Å². The second kappa shape index (κ2) is 6.02. The number of alkyl halides is 1. The van der Waals surface area contributed by atoms with Crippen LogP contribution in [0.5, 0.6) is 0 Å². The van der Waals surface area contributed by atoms with Gasteiger partial charge >= 0.3 is 5.97 Å². The lowest BCUT2D eigenvalue weighted by Crippen LogP contribution is -2.23. The van der Waals surface area contributed by atoms with Crippen LogP contribution in [0.15, 0.2) is 23.2 Å². The minimum Gasteiger partial charge on any atom is -0.456 e. The lowest BCUT2D eigenvalue weighted by Gasteiger charge is -2.19. The molecule has 104 valence electrons. The minimum absolute atomic E-state index is 0.0178. The van der Waals surface area contributed by atoms with Gasteiger partial charge in [0.15, 0.2) is 0 Å². The van der Waals surface area contributed by atoms with Crippen molar-refractivity contribution in [2.75, 3.05) is 5.88 Å². The van der Waals surface area contributed by atoms with Crippen molar-refractivity contribution in [1.82, 2.24) is 0 Å². The van der Waals surface area contributed by atoms with Crippen molar-refractivity contribution in [3.05, 3.63) is 29.6 Å². The molecule has 19 heavy (non-hydrogen) atoms. The number of nitrogens with zero attached hydrogens (tertiary/aromatic N) is 1. The number of nitrogens with two attached hydrogens (primary N) is 1. The van der Waals surface area contributed by atoms with Gasteiger partial charge in [-0.05, 0) is 39.0 Å². The number of halogens is 2. The Morgan fingerprint density at radius 1 is 1.47 bits per heavy atom. The first kappa shape index (κ1) is 15.4. The van der Waals surface area contributed by atoms with Crippen molar-refractivity contribution in [3.63, 3.8) is 0 Å². The lowest BCUT2D eigenvalue weighted by molar-refractivity contribution is 0.00695. The van der Waals surface area contributed by atoms with Crippen molar-refractivity contribution in [2.45, 2.75) is 26.4 Å². The number of rotatable bonds is 3. The normalized spacial score (nSPS) is 12.4. The molecule has 0 atom stereocenters. The average Bonchev–Trinajstić information content (AvgIpc) is 2.29. The smallest absolute Gasteiger partial charge is 0.338 e. The highest BCUT2D eigenvalue weighted by Crippen LogP contribution is 2.21. The molecule has 0 saturated heterocycles. The molecule has 0 amide bonds. The Balaban J connectivity index is 3.06. The Morgan fingerprint density at radius 2 is 2.11 bits per heavy atom. The molecule has 0 bridgehead atoms. The lowest BCUT2D eigenvalue weighted by atomic mass is 10.1. The first-order chi connectivity index (χ1) is 8.73. The van der Waals surface area contributed by atoms with Crippen LogP contribution in [0.2, 0.25) is 0 Å². The van der Waals surface area contributed by atoms with Crippen LogP contribution in [0.1, 0.15) is 31.1 Å². The number of hydrogen-bond donors (Lipinski definition) is 1. The molecule has 0 saturated carbocycles. The Bertz CT molecular complexity index is 510. The molecule has 0 spiro atoms. The van der Waals surface area contributed by atoms with Crippen molar-refractivity contribution < 1.29 is 13.9 Å². The van der Waals surface area contributed by atoms with E-state index >= 15 is 0 Å². The third-order valence-electron chi connectivity index (χ3n) is 1.98. The molecule has 0 aliphatic rings. The second-order valence-corrected chi connectivity index (χ2v) is 5.17. The molecular weight excluding hydrogens is 271 g/mol. The molecular formula is C13H16ClFN2O2. The molecule has 0 aromatic heterocycles. The fraction of sp³-hybridized carbons (Fsp3) is 0.385. The summed E-state index contributed by atoms with van der Waals surface area (Å²) >= 11 is 5.47. The maximum atomic E-state index is 13.5. The Morgan fingerprint density at radius 3 is 2.63 bits per heavy atom. The number of carbonyl (C=O) groups is 1. The number of carbonyl (C=O) groups excluding carboxylic acids is 1. The molecule has 1 aromatic rings. The molecule has 0 radical (unpaired) electrons. The summed E-state index contributed by atoms with van der Waals surface area (Å²) in [5.41, 5.74) is 4.98. The topological polar surface area (TPSA) is 64.7 Å². The molecule has 2 N–H and O–H groups in total. The van der Waals surface area contributed by atoms with Crippen LogP contribution in [0.4, 0.5) is 10.1 Å². The first-order valence-corrected chi connectivity index (χ1v) is 6.18. The van der Waals surface area contributed by atoms with Crippen LogP contribution in [-0.2, 0) is 4.74 Å². The van der Waals surface area contributed by atoms with Gasteiger partial charge in [0.05, 0.1) is 11.4 Å². The molecule has 0 heterocycles. The highest BCUT2D eigenvalue weighted by Gasteiger charge is 2.18. The van der Waals surface area contributed by atoms with Gasteiger partial charge < -0.3 is 10.5 Å². The van der Waals surface area contributed by atoms with E-state index in [1.165, 1.54) is 12.1 Å². The summed E-state index contributed by atoms with van der Waals surface area (Å²) in [5.74, 6) is -1.08. The standard InChI is InChI=1S/C13H16ClFN2O2/c1-13(2,3)19-12(18)8-4-5-9(15)10(6-8)17-11(16)7-14/h4-6H,7H2,1-3H3,(H2,16,17). The number of aliphatic imine (C=N–C) groups is 1. The van der Waals surface area contributed by atoms with Gasteiger partial charge in [0.1, 0.15) is 22.9 Å². The first-order valence-electron chi connectivity index (χ1n) is 5.65. The molecule has 1 aromatic carbocycles. The van der Waals surface area contributed by atoms with Crippen LogP contribution >= 0.6 is 11.6 Å². The number of esters is 1. The van der Waals surface area contributed by atoms with Gasteiger partial charge in [0.2, 0.25) is 0 Å². The predicted molar refractivity (Wildman–Crippen MR) is 73.6 cm³/mol. The minimum atomic E-state index is -0.621. The molecule has 0 aliphatic carbocycles. The van der Waals surface area contributed by atoms with E-state index in [4.69, 9.17) is 22.1 Å². The average molecular weight is 287 g/mol.